The van der Waals surface area contributed by atoms with Crippen LogP contribution in [0.25, 0.3) is 0 Å². The number of nitrogens with zero attached hydrogens (tertiary/aromatic N) is 3. The first-order valence-corrected chi connectivity index (χ1v) is 9.06. The van der Waals surface area contributed by atoms with Crippen molar-refractivity contribution in [2.75, 3.05) is 18.5 Å². The zero-order chi connectivity index (χ0) is 21.3. The van der Waals surface area contributed by atoms with Crippen molar-refractivity contribution in [3.8, 4) is 0 Å². The summed E-state index contributed by atoms with van der Waals surface area (Å²) in [7, 11) is 1.49. The Bertz CT molecular complexity index is 934. The molecule has 1 atom stereocenters. The molecule has 154 valence electrons. The second-order valence-electron chi connectivity index (χ2n) is 6.67. The predicted octanol–water partition coefficient (Wildman–Crippen LogP) is 3.62. The maximum absolute atomic E-state index is 13.0. The van der Waals surface area contributed by atoms with Gasteiger partial charge in [0.25, 0.3) is 0 Å². The number of nitrogens with one attached hydrogen (secondary N) is 1. The summed E-state index contributed by atoms with van der Waals surface area (Å²) in [5, 5.41) is 2.11. The van der Waals surface area contributed by atoms with Crippen LogP contribution in [0.5, 0.6) is 0 Å². The number of anilines is 1. The number of rotatable bonds is 4. The van der Waals surface area contributed by atoms with Gasteiger partial charge in [-0.15, -0.1) is 0 Å². The highest BCUT2D eigenvalue weighted by molar-refractivity contribution is 6.32. The molecule has 3 amide bonds. The molecule has 1 fully saturated rings. The number of halogens is 4. The molecule has 0 aliphatic carbocycles. The highest BCUT2D eigenvalue weighted by atomic mass is 35.5. The maximum atomic E-state index is 13.0. The number of pyridine rings is 1. The summed E-state index contributed by atoms with van der Waals surface area (Å²) in [5.74, 6) is -0.489. The molecule has 1 aromatic carbocycles. The van der Waals surface area contributed by atoms with Crippen molar-refractivity contribution in [2.45, 2.75) is 25.7 Å². The van der Waals surface area contributed by atoms with Gasteiger partial charge < -0.3 is 10.2 Å². The van der Waals surface area contributed by atoms with Crippen molar-refractivity contribution in [1.29, 1.82) is 0 Å². The quantitative estimate of drug-likeness (QED) is 0.812. The minimum absolute atomic E-state index is 0.0994. The van der Waals surface area contributed by atoms with Crippen molar-refractivity contribution < 1.29 is 22.8 Å². The summed E-state index contributed by atoms with van der Waals surface area (Å²) < 4.78 is 38.9. The Hall–Kier alpha value is -2.81. The van der Waals surface area contributed by atoms with Gasteiger partial charge in [-0.1, -0.05) is 23.7 Å². The summed E-state index contributed by atoms with van der Waals surface area (Å²) in [4.78, 5) is 31.9. The number of alkyl halides is 3. The molecule has 2 aromatic rings. The van der Waals surface area contributed by atoms with Crippen LogP contribution in [0.4, 0.5) is 23.7 Å². The lowest BCUT2D eigenvalue weighted by Crippen LogP contribution is -2.43. The van der Waals surface area contributed by atoms with E-state index < -0.39 is 28.7 Å². The second-order valence-corrected chi connectivity index (χ2v) is 7.05. The van der Waals surface area contributed by atoms with Gasteiger partial charge >= 0.3 is 12.2 Å². The number of aromatic nitrogens is 1. The van der Waals surface area contributed by atoms with Crippen molar-refractivity contribution in [3.05, 3.63) is 58.4 Å². The third-order valence-electron chi connectivity index (χ3n) is 4.70. The zero-order valence-corrected chi connectivity index (χ0v) is 16.4. The number of aryl methyl sites for hydroxylation is 1. The number of carbonyl (C=O) groups is 2. The lowest BCUT2D eigenvalue weighted by atomic mass is 10.1. The molecule has 29 heavy (non-hydrogen) atoms. The standard InChI is InChI=1S/C19H18ClF3N4O2/c1-11-6-7-13(9-24-11)27-10-15(26(2)18(27)29)17(28)25-8-12-4-3-5-14(16(12)20)19(21,22)23/h3-7,9,15H,8,10H2,1-2H3,(H,25,28)/t15-/m0/s1. The third-order valence-corrected chi connectivity index (χ3v) is 5.15. The van der Waals surface area contributed by atoms with E-state index in [1.54, 1.807) is 18.3 Å². The topological polar surface area (TPSA) is 65.5 Å². The summed E-state index contributed by atoms with van der Waals surface area (Å²) >= 11 is 5.85. The van der Waals surface area contributed by atoms with Gasteiger partial charge in [-0.25, -0.2) is 4.79 Å². The molecule has 0 radical (unpaired) electrons. The van der Waals surface area contributed by atoms with E-state index in [1.165, 1.54) is 29.0 Å². The van der Waals surface area contributed by atoms with Gasteiger partial charge in [0.15, 0.2) is 0 Å². The number of hydrogen-bond acceptors (Lipinski definition) is 3. The van der Waals surface area contributed by atoms with Crippen molar-refractivity contribution in [1.82, 2.24) is 15.2 Å². The van der Waals surface area contributed by atoms with Crippen LogP contribution >= 0.6 is 11.6 Å². The maximum Gasteiger partial charge on any atom is 0.417 e. The number of amides is 3. The Morgan fingerprint density at radius 1 is 1.31 bits per heavy atom. The van der Waals surface area contributed by atoms with E-state index in [9.17, 15) is 22.8 Å². The monoisotopic (exact) mass is 426 g/mol. The first kappa shape index (κ1) is 20.9. The van der Waals surface area contributed by atoms with Gasteiger partial charge in [0, 0.05) is 19.3 Å². The third kappa shape index (κ3) is 4.29. The molecule has 0 bridgehead atoms. The Morgan fingerprint density at radius 2 is 2.03 bits per heavy atom. The molecule has 0 saturated carbocycles. The molecular formula is C19H18ClF3N4O2. The van der Waals surface area contributed by atoms with Gasteiger partial charge in [0.05, 0.1) is 29.0 Å². The van der Waals surface area contributed by atoms with Crippen LogP contribution in [0.15, 0.2) is 36.5 Å². The van der Waals surface area contributed by atoms with Crippen LogP contribution in [0, 0.1) is 6.92 Å². The van der Waals surface area contributed by atoms with Gasteiger partial charge in [0.2, 0.25) is 5.91 Å². The van der Waals surface area contributed by atoms with Crippen LogP contribution in [-0.2, 0) is 17.5 Å². The fourth-order valence-electron chi connectivity index (χ4n) is 3.03. The highest BCUT2D eigenvalue weighted by Gasteiger charge is 2.40. The van der Waals surface area contributed by atoms with E-state index in [0.717, 1.165) is 11.8 Å². The fraction of sp³-hybridized carbons (Fsp3) is 0.316. The molecule has 10 heteroatoms. The van der Waals surface area contributed by atoms with E-state index in [2.05, 4.69) is 10.3 Å². The van der Waals surface area contributed by atoms with Crippen molar-refractivity contribution in [3.63, 3.8) is 0 Å². The Kier molecular flexibility index (Phi) is 5.70. The lowest BCUT2D eigenvalue weighted by Gasteiger charge is -2.18. The molecule has 1 aliphatic heterocycles. The average molecular weight is 427 g/mol. The molecule has 0 spiro atoms. The van der Waals surface area contributed by atoms with E-state index in [0.29, 0.717) is 5.69 Å². The molecule has 2 heterocycles. The van der Waals surface area contributed by atoms with Crippen molar-refractivity contribution >= 4 is 29.2 Å². The Labute approximate surface area is 170 Å². The number of hydrogen-bond donors (Lipinski definition) is 1. The first-order chi connectivity index (χ1) is 13.6. The van der Waals surface area contributed by atoms with E-state index in [4.69, 9.17) is 11.6 Å². The lowest BCUT2D eigenvalue weighted by molar-refractivity contribution is -0.137. The van der Waals surface area contributed by atoms with Crippen molar-refractivity contribution in [2.24, 2.45) is 0 Å². The summed E-state index contributed by atoms with van der Waals surface area (Å²) in [6.45, 7) is 1.73. The van der Waals surface area contributed by atoms with Gasteiger partial charge in [-0.3, -0.25) is 14.7 Å². The molecule has 1 saturated heterocycles. The van der Waals surface area contributed by atoms with Crippen LogP contribution in [0.1, 0.15) is 16.8 Å². The molecular weight excluding hydrogens is 409 g/mol. The summed E-state index contributed by atoms with van der Waals surface area (Å²) in [6, 6.07) is 5.84. The molecule has 6 nitrogen and oxygen atoms in total. The van der Waals surface area contributed by atoms with Crippen LogP contribution < -0.4 is 10.2 Å². The molecule has 3 rings (SSSR count). The average Bonchev–Trinajstić information content (AvgIpc) is 2.96. The van der Waals surface area contributed by atoms with Crippen LogP contribution in [0.2, 0.25) is 5.02 Å². The fourth-order valence-corrected chi connectivity index (χ4v) is 3.33. The van der Waals surface area contributed by atoms with Gasteiger partial charge in [-0.05, 0) is 30.7 Å². The van der Waals surface area contributed by atoms with E-state index >= 15 is 0 Å². The SMILES string of the molecule is Cc1ccc(N2C[C@@H](C(=O)NCc3cccc(C(F)(F)F)c3Cl)N(C)C2=O)cn1. The number of carbonyl (C=O) groups excluding carboxylic acids is 2. The number of likely N-dealkylation sites (N-methyl/N-ethyl adjacent to an activating group) is 1. The molecule has 1 N–H and O–H groups in total. The summed E-state index contributed by atoms with van der Waals surface area (Å²) in [6.07, 6.45) is -3.04. The number of benzene rings is 1. The first-order valence-electron chi connectivity index (χ1n) is 8.69. The molecule has 0 unspecified atom stereocenters. The smallest absolute Gasteiger partial charge is 0.350 e. The largest absolute Gasteiger partial charge is 0.417 e. The molecule has 1 aromatic heterocycles. The van der Waals surface area contributed by atoms with E-state index in [-0.39, 0.29) is 24.7 Å². The van der Waals surface area contributed by atoms with Gasteiger partial charge in [-0.2, -0.15) is 13.2 Å². The van der Waals surface area contributed by atoms with E-state index in [1.807, 2.05) is 6.92 Å². The van der Waals surface area contributed by atoms with Crippen LogP contribution in [0.3, 0.4) is 0 Å². The Balaban J connectivity index is 1.70. The summed E-state index contributed by atoms with van der Waals surface area (Å²) in [5.41, 5.74) is 0.531. The normalized spacial score (nSPS) is 17.0. The second kappa shape index (κ2) is 7.90. The number of urea groups is 1. The molecule has 1 aliphatic rings. The minimum Gasteiger partial charge on any atom is -0.350 e. The highest BCUT2D eigenvalue weighted by Crippen LogP contribution is 2.36. The zero-order valence-electron chi connectivity index (χ0n) is 15.6. The van der Waals surface area contributed by atoms with Crippen LogP contribution in [-0.4, -0.2) is 41.5 Å². The minimum atomic E-state index is -4.59. The Morgan fingerprint density at radius 3 is 2.66 bits per heavy atom. The van der Waals surface area contributed by atoms with Gasteiger partial charge in [0.1, 0.15) is 6.04 Å². The predicted molar refractivity (Wildman–Crippen MR) is 102 cm³/mol.